The van der Waals surface area contributed by atoms with Gasteiger partial charge in [-0.1, -0.05) is 67.7 Å². The number of carbonyl (C=O) groups is 2. The summed E-state index contributed by atoms with van der Waals surface area (Å²) in [5.74, 6) is 0.600. The smallest absolute Gasteiger partial charge is 0.220 e. The van der Waals surface area contributed by atoms with Gasteiger partial charge < -0.3 is 5.32 Å². The zero-order valence-electron chi connectivity index (χ0n) is 16.2. The second-order valence-corrected chi connectivity index (χ2v) is 6.69. The molecule has 0 radical (unpaired) electrons. The normalized spacial score (nSPS) is 16.4. The van der Waals surface area contributed by atoms with Crippen molar-refractivity contribution in [3.63, 3.8) is 0 Å². The van der Waals surface area contributed by atoms with Crippen molar-refractivity contribution in [3.8, 4) is 0 Å². The molecule has 0 aliphatic heterocycles. The van der Waals surface area contributed by atoms with Crippen LogP contribution < -0.4 is 5.32 Å². The second-order valence-electron chi connectivity index (χ2n) is 6.69. The number of carbonyl (C=O) groups excluding carboxylic acids is 2. The van der Waals surface area contributed by atoms with Gasteiger partial charge in [0.25, 0.3) is 0 Å². The van der Waals surface area contributed by atoms with Crippen LogP contribution in [-0.2, 0) is 9.59 Å². The van der Waals surface area contributed by atoms with Gasteiger partial charge in [-0.3, -0.25) is 9.59 Å². The maximum absolute atomic E-state index is 12.0. The van der Waals surface area contributed by atoms with Crippen molar-refractivity contribution in [2.75, 3.05) is 0 Å². The Labute approximate surface area is 138 Å². The molecule has 3 heteroatoms. The van der Waals surface area contributed by atoms with Gasteiger partial charge in [0, 0.05) is 6.42 Å². The van der Waals surface area contributed by atoms with Crippen molar-refractivity contribution in [3.05, 3.63) is 0 Å². The number of Topliss-reactive ketones (excluding diaryl/α,β-unsaturated/α-hetero) is 1. The van der Waals surface area contributed by atoms with Gasteiger partial charge in [-0.15, -0.1) is 0 Å². The largest absolute Gasteiger partial charge is 0.346 e. The first-order chi connectivity index (χ1) is 10.3. The Morgan fingerprint density at radius 1 is 1.00 bits per heavy atom. The molecule has 132 valence electrons. The van der Waals surface area contributed by atoms with Crippen LogP contribution in [0.3, 0.4) is 0 Å². The molecule has 1 saturated carbocycles. The van der Waals surface area contributed by atoms with Gasteiger partial charge in [0.1, 0.15) is 0 Å². The molecular weight excluding hydrogens is 274 g/mol. The third kappa shape index (κ3) is 9.97. The number of amides is 1. The topological polar surface area (TPSA) is 46.2 Å². The SMILES string of the molecule is CC.CC.CC(=O)C(NC(=O)CC1CCCCC1)C(C)(C)C. The van der Waals surface area contributed by atoms with E-state index in [-0.39, 0.29) is 23.1 Å². The lowest BCUT2D eigenvalue weighted by Crippen LogP contribution is -2.48. The van der Waals surface area contributed by atoms with Crippen molar-refractivity contribution in [2.45, 2.75) is 100.0 Å². The van der Waals surface area contributed by atoms with Crippen molar-refractivity contribution >= 4 is 11.7 Å². The average Bonchev–Trinajstić information content (AvgIpc) is 2.48. The van der Waals surface area contributed by atoms with E-state index >= 15 is 0 Å². The van der Waals surface area contributed by atoms with Crippen LogP contribution in [0.2, 0.25) is 0 Å². The van der Waals surface area contributed by atoms with Gasteiger partial charge in [0.15, 0.2) is 5.78 Å². The highest BCUT2D eigenvalue weighted by Gasteiger charge is 2.30. The summed E-state index contributed by atoms with van der Waals surface area (Å²) in [5, 5.41) is 2.92. The molecule has 0 bridgehead atoms. The zero-order valence-corrected chi connectivity index (χ0v) is 16.2. The monoisotopic (exact) mass is 313 g/mol. The highest BCUT2D eigenvalue weighted by atomic mass is 16.2. The van der Waals surface area contributed by atoms with E-state index in [1.165, 1.54) is 19.3 Å². The lowest BCUT2D eigenvalue weighted by Gasteiger charge is -2.30. The lowest BCUT2D eigenvalue weighted by atomic mass is 9.83. The van der Waals surface area contributed by atoms with E-state index in [1.807, 2.05) is 48.5 Å². The molecule has 1 amide bonds. The maximum Gasteiger partial charge on any atom is 0.220 e. The fourth-order valence-electron chi connectivity index (χ4n) is 2.80. The molecule has 3 nitrogen and oxygen atoms in total. The van der Waals surface area contributed by atoms with Gasteiger partial charge in [-0.2, -0.15) is 0 Å². The predicted molar refractivity (Wildman–Crippen MR) is 96.0 cm³/mol. The molecule has 1 aliphatic carbocycles. The summed E-state index contributed by atoms with van der Waals surface area (Å²) in [6.07, 6.45) is 6.69. The van der Waals surface area contributed by atoms with Crippen LogP contribution in [0.25, 0.3) is 0 Å². The van der Waals surface area contributed by atoms with Gasteiger partial charge in [-0.05, 0) is 31.1 Å². The molecule has 1 fully saturated rings. The van der Waals surface area contributed by atoms with Gasteiger partial charge in [0.05, 0.1) is 6.04 Å². The lowest BCUT2D eigenvalue weighted by molar-refractivity contribution is -0.129. The highest BCUT2D eigenvalue weighted by Crippen LogP contribution is 2.26. The van der Waals surface area contributed by atoms with Crippen molar-refractivity contribution in [1.29, 1.82) is 0 Å². The summed E-state index contributed by atoms with van der Waals surface area (Å²) in [5.41, 5.74) is -0.214. The standard InChI is InChI=1S/C15H27NO2.2C2H6/c1-11(17)14(15(2,3)4)16-13(18)10-12-8-6-5-7-9-12;2*1-2/h12,14H,5-10H2,1-4H3,(H,16,18);2*1-2H3. The van der Waals surface area contributed by atoms with Crippen LogP contribution >= 0.6 is 0 Å². The summed E-state index contributed by atoms with van der Waals surface area (Å²) in [6.45, 7) is 15.5. The molecule has 0 saturated heterocycles. The first-order valence-electron chi connectivity index (χ1n) is 9.10. The number of rotatable bonds is 4. The third-order valence-electron chi connectivity index (χ3n) is 3.78. The fourth-order valence-corrected chi connectivity index (χ4v) is 2.80. The van der Waals surface area contributed by atoms with Gasteiger partial charge in [0.2, 0.25) is 5.91 Å². The molecule has 1 atom stereocenters. The predicted octanol–water partition coefficient (Wildman–Crippen LogP) is 5.13. The molecule has 0 aromatic heterocycles. The molecule has 22 heavy (non-hydrogen) atoms. The summed E-state index contributed by atoms with van der Waals surface area (Å²) in [4.78, 5) is 23.6. The van der Waals surface area contributed by atoms with E-state index in [1.54, 1.807) is 6.92 Å². The zero-order chi connectivity index (χ0) is 17.8. The Balaban J connectivity index is 0. The van der Waals surface area contributed by atoms with E-state index in [0.717, 1.165) is 12.8 Å². The summed E-state index contributed by atoms with van der Waals surface area (Å²) >= 11 is 0. The van der Waals surface area contributed by atoms with E-state index < -0.39 is 0 Å². The molecule has 1 N–H and O–H groups in total. The Bertz CT molecular complexity index is 299. The minimum absolute atomic E-state index is 0.0389. The maximum atomic E-state index is 12.0. The van der Waals surface area contributed by atoms with E-state index in [2.05, 4.69) is 5.32 Å². The van der Waals surface area contributed by atoms with Gasteiger partial charge >= 0.3 is 0 Å². The van der Waals surface area contributed by atoms with Crippen LogP contribution in [0, 0.1) is 11.3 Å². The Hall–Kier alpha value is -0.860. The van der Waals surface area contributed by atoms with Crippen LogP contribution in [0.1, 0.15) is 93.9 Å². The minimum atomic E-state index is -0.367. The summed E-state index contributed by atoms with van der Waals surface area (Å²) < 4.78 is 0. The summed E-state index contributed by atoms with van der Waals surface area (Å²) in [6, 6.07) is -0.367. The Morgan fingerprint density at radius 3 is 1.82 bits per heavy atom. The van der Waals surface area contributed by atoms with E-state index in [0.29, 0.717) is 12.3 Å². The molecule has 0 spiro atoms. The third-order valence-corrected chi connectivity index (χ3v) is 3.78. The van der Waals surface area contributed by atoms with E-state index in [4.69, 9.17) is 0 Å². The highest BCUT2D eigenvalue weighted by molar-refractivity contribution is 5.88. The number of hydrogen-bond donors (Lipinski definition) is 1. The van der Waals surface area contributed by atoms with Gasteiger partial charge in [-0.25, -0.2) is 0 Å². The molecule has 0 heterocycles. The number of ketones is 1. The van der Waals surface area contributed by atoms with Crippen LogP contribution in [0.4, 0.5) is 0 Å². The number of nitrogens with one attached hydrogen (secondary N) is 1. The Morgan fingerprint density at radius 2 is 1.45 bits per heavy atom. The molecule has 1 aliphatic rings. The first kappa shape index (κ1) is 23.4. The first-order valence-corrected chi connectivity index (χ1v) is 9.10. The van der Waals surface area contributed by atoms with Crippen molar-refractivity contribution in [2.24, 2.45) is 11.3 Å². The molecule has 0 aromatic carbocycles. The quantitative estimate of drug-likeness (QED) is 0.782. The van der Waals surface area contributed by atoms with E-state index in [9.17, 15) is 9.59 Å². The summed E-state index contributed by atoms with van der Waals surface area (Å²) in [7, 11) is 0. The molecule has 1 rings (SSSR count). The number of hydrogen-bond acceptors (Lipinski definition) is 2. The van der Waals surface area contributed by atoms with Crippen LogP contribution in [-0.4, -0.2) is 17.7 Å². The minimum Gasteiger partial charge on any atom is -0.346 e. The Kier molecular flexibility index (Phi) is 13.5. The molecule has 1 unspecified atom stereocenters. The second kappa shape index (κ2) is 12.7. The van der Waals surface area contributed by atoms with Crippen LogP contribution in [0.15, 0.2) is 0 Å². The average molecular weight is 314 g/mol. The van der Waals surface area contributed by atoms with Crippen LogP contribution in [0.5, 0.6) is 0 Å². The van der Waals surface area contributed by atoms with Crippen molar-refractivity contribution in [1.82, 2.24) is 5.32 Å². The van der Waals surface area contributed by atoms with Crippen molar-refractivity contribution < 1.29 is 9.59 Å². The molecule has 0 aromatic rings. The molecular formula is C19H39NO2. The fraction of sp³-hybridized carbons (Fsp3) is 0.895.